The van der Waals surface area contributed by atoms with Crippen molar-refractivity contribution in [3.05, 3.63) is 34.9 Å². The molecule has 0 bridgehead atoms. The Kier molecular flexibility index (Phi) is 6.92. The minimum Gasteiger partial charge on any atom is -0.384 e. The van der Waals surface area contributed by atoms with Crippen molar-refractivity contribution in [2.24, 2.45) is 0 Å². The second kappa shape index (κ2) is 8.50. The number of hydrogen-bond acceptors (Lipinski definition) is 3. The quantitative estimate of drug-likeness (QED) is 0.740. The monoisotopic (exact) mass is 284 g/mol. The topological polar surface area (TPSA) is 67.4 Å². The van der Waals surface area contributed by atoms with Crippen LogP contribution in [0.25, 0.3) is 0 Å². The Bertz CT molecular complexity index is 438. The Balaban J connectivity index is 2.25. The van der Waals surface area contributed by atoms with Crippen molar-refractivity contribution in [1.82, 2.24) is 10.6 Å². The Labute approximate surface area is 117 Å². The van der Waals surface area contributed by atoms with E-state index in [-0.39, 0.29) is 11.8 Å². The molecule has 0 fully saturated rings. The average Bonchev–Trinajstić information content (AvgIpc) is 2.41. The molecule has 1 aromatic carbocycles. The highest BCUT2D eigenvalue weighted by Gasteiger charge is 2.08. The summed E-state index contributed by atoms with van der Waals surface area (Å²) < 4.78 is 4.78. The Morgan fingerprint density at radius 1 is 1.21 bits per heavy atom. The molecule has 104 valence electrons. The van der Waals surface area contributed by atoms with Gasteiger partial charge in [0.05, 0.1) is 17.2 Å². The van der Waals surface area contributed by atoms with Crippen molar-refractivity contribution in [3.8, 4) is 0 Å². The highest BCUT2D eigenvalue weighted by Crippen LogP contribution is 2.14. The molecule has 0 radical (unpaired) electrons. The van der Waals surface area contributed by atoms with Gasteiger partial charge in [-0.2, -0.15) is 0 Å². The van der Waals surface area contributed by atoms with E-state index < -0.39 is 0 Å². The predicted octanol–water partition coefficient (Wildman–Crippen LogP) is 1.22. The molecule has 0 aliphatic rings. The Morgan fingerprint density at radius 2 is 1.89 bits per heavy atom. The van der Waals surface area contributed by atoms with E-state index in [0.29, 0.717) is 36.7 Å². The summed E-state index contributed by atoms with van der Waals surface area (Å²) in [6.07, 6.45) is 0.314. The minimum absolute atomic E-state index is 0.103. The lowest BCUT2D eigenvalue weighted by Crippen LogP contribution is -2.35. The third-order valence-corrected chi connectivity index (χ3v) is 2.71. The van der Waals surface area contributed by atoms with Gasteiger partial charge in [0.1, 0.15) is 0 Å². The van der Waals surface area contributed by atoms with Gasteiger partial charge in [-0.25, -0.2) is 0 Å². The lowest BCUT2D eigenvalue weighted by molar-refractivity contribution is -0.121. The largest absolute Gasteiger partial charge is 0.384 e. The van der Waals surface area contributed by atoms with Crippen LogP contribution in [0.4, 0.5) is 0 Å². The minimum atomic E-state index is -0.253. The first-order valence-electron chi connectivity index (χ1n) is 5.93. The molecule has 2 amide bonds. The lowest BCUT2D eigenvalue weighted by atomic mass is 10.2. The second-order valence-electron chi connectivity index (χ2n) is 3.83. The van der Waals surface area contributed by atoms with Gasteiger partial charge >= 0.3 is 0 Å². The van der Waals surface area contributed by atoms with Crippen LogP contribution in [-0.2, 0) is 9.53 Å². The van der Waals surface area contributed by atoms with Crippen LogP contribution >= 0.6 is 11.6 Å². The molecule has 0 aliphatic heterocycles. The third kappa shape index (κ3) is 5.72. The summed E-state index contributed by atoms with van der Waals surface area (Å²) in [6.45, 7) is 1.11. The normalized spacial score (nSPS) is 10.0. The standard InChI is InChI=1S/C13H17ClN2O3/c1-19-9-6-12(17)15-7-8-16-13(18)10-4-2-3-5-11(10)14/h2-5H,6-9H2,1H3,(H,15,17)(H,16,18). The van der Waals surface area contributed by atoms with E-state index in [1.165, 1.54) is 7.11 Å². The molecule has 0 spiro atoms. The van der Waals surface area contributed by atoms with E-state index in [1.54, 1.807) is 24.3 Å². The van der Waals surface area contributed by atoms with Gasteiger partial charge in [0.25, 0.3) is 5.91 Å². The predicted molar refractivity (Wildman–Crippen MR) is 73.3 cm³/mol. The van der Waals surface area contributed by atoms with Gasteiger partial charge in [0.15, 0.2) is 0 Å². The van der Waals surface area contributed by atoms with E-state index in [4.69, 9.17) is 16.3 Å². The van der Waals surface area contributed by atoms with E-state index in [9.17, 15) is 9.59 Å². The fourth-order valence-electron chi connectivity index (χ4n) is 1.40. The fraction of sp³-hybridized carbons (Fsp3) is 0.385. The summed E-state index contributed by atoms with van der Waals surface area (Å²) in [7, 11) is 1.54. The third-order valence-electron chi connectivity index (χ3n) is 2.38. The summed E-state index contributed by atoms with van der Waals surface area (Å²) in [5, 5.41) is 5.76. The Hall–Kier alpha value is -1.59. The van der Waals surface area contributed by atoms with Gasteiger partial charge in [-0.1, -0.05) is 23.7 Å². The van der Waals surface area contributed by atoms with Crippen LogP contribution in [0.15, 0.2) is 24.3 Å². The molecule has 5 nitrogen and oxygen atoms in total. The second-order valence-corrected chi connectivity index (χ2v) is 4.24. The molecule has 0 saturated carbocycles. The maximum absolute atomic E-state index is 11.8. The van der Waals surface area contributed by atoms with Gasteiger partial charge in [-0.3, -0.25) is 9.59 Å². The zero-order valence-electron chi connectivity index (χ0n) is 10.7. The summed E-state index contributed by atoms with van der Waals surface area (Å²) in [5.41, 5.74) is 0.426. The van der Waals surface area contributed by atoms with Gasteiger partial charge in [0.2, 0.25) is 5.91 Å². The highest BCUT2D eigenvalue weighted by molar-refractivity contribution is 6.33. The summed E-state index contributed by atoms with van der Waals surface area (Å²) in [4.78, 5) is 23.0. The zero-order chi connectivity index (χ0) is 14.1. The molecule has 0 aliphatic carbocycles. The van der Waals surface area contributed by atoms with Crippen LogP contribution in [0.5, 0.6) is 0 Å². The highest BCUT2D eigenvalue weighted by atomic mass is 35.5. The molecular formula is C13H17ClN2O3. The van der Waals surface area contributed by atoms with Crippen LogP contribution in [0.2, 0.25) is 5.02 Å². The molecule has 0 aromatic heterocycles. The number of hydrogen-bond donors (Lipinski definition) is 2. The maximum Gasteiger partial charge on any atom is 0.252 e. The molecule has 0 saturated heterocycles. The molecule has 1 aromatic rings. The zero-order valence-corrected chi connectivity index (χ0v) is 11.5. The van der Waals surface area contributed by atoms with Crippen molar-refractivity contribution in [2.45, 2.75) is 6.42 Å². The number of halogens is 1. The molecule has 0 atom stereocenters. The van der Waals surface area contributed by atoms with Gasteiger partial charge in [0, 0.05) is 26.6 Å². The van der Waals surface area contributed by atoms with Gasteiger partial charge < -0.3 is 15.4 Å². The number of carbonyl (C=O) groups is 2. The molecule has 2 N–H and O–H groups in total. The van der Waals surface area contributed by atoms with Crippen LogP contribution in [0.3, 0.4) is 0 Å². The van der Waals surface area contributed by atoms with Crippen molar-refractivity contribution in [3.63, 3.8) is 0 Å². The van der Waals surface area contributed by atoms with E-state index in [1.807, 2.05) is 0 Å². The smallest absolute Gasteiger partial charge is 0.252 e. The van der Waals surface area contributed by atoms with Crippen LogP contribution in [-0.4, -0.2) is 38.6 Å². The number of rotatable bonds is 7. The van der Waals surface area contributed by atoms with Crippen molar-refractivity contribution < 1.29 is 14.3 Å². The Morgan fingerprint density at radius 3 is 2.58 bits per heavy atom. The average molecular weight is 285 g/mol. The fourth-order valence-corrected chi connectivity index (χ4v) is 1.62. The van der Waals surface area contributed by atoms with Gasteiger partial charge in [-0.15, -0.1) is 0 Å². The van der Waals surface area contributed by atoms with Crippen LogP contribution < -0.4 is 10.6 Å². The molecular weight excluding hydrogens is 268 g/mol. The maximum atomic E-state index is 11.8. The molecule has 0 heterocycles. The number of methoxy groups -OCH3 is 1. The number of benzene rings is 1. The summed E-state index contributed by atoms with van der Waals surface area (Å²) >= 11 is 5.90. The first kappa shape index (κ1) is 15.5. The van der Waals surface area contributed by atoms with Crippen molar-refractivity contribution in [2.75, 3.05) is 26.8 Å². The SMILES string of the molecule is COCCC(=O)NCCNC(=O)c1ccccc1Cl. The molecule has 1 rings (SSSR count). The number of carbonyl (C=O) groups excluding carboxylic acids is 2. The number of ether oxygens (including phenoxy) is 1. The molecule has 0 unspecified atom stereocenters. The number of nitrogens with one attached hydrogen (secondary N) is 2. The number of amides is 2. The van der Waals surface area contributed by atoms with Crippen LogP contribution in [0, 0.1) is 0 Å². The first-order valence-corrected chi connectivity index (χ1v) is 6.31. The summed E-state index contributed by atoms with van der Waals surface area (Å²) in [6, 6.07) is 6.81. The van der Waals surface area contributed by atoms with E-state index in [2.05, 4.69) is 10.6 Å². The van der Waals surface area contributed by atoms with Crippen molar-refractivity contribution in [1.29, 1.82) is 0 Å². The summed E-state index contributed by atoms with van der Waals surface area (Å²) in [5.74, 6) is -0.356. The van der Waals surface area contributed by atoms with Crippen molar-refractivity contribution >= 4 is 23.4 Å². The lowest BCUT2D eigenvalue weighted by Gasteiger charge is -2.07. The van der Waals surface area contributed by atoms with Gasteiger partial charge in [-0.05, 0) is 12.1 Å². The first-order chi connectivity index (χ1) is 9.15. The molecule has 19 heavy (non-hydrogen) atoms. The molecule has 6 heteroatoms. The van der Waals surface area contributed by atoms with E-state index in [0.717, 1.165) is 0 Å². The van der Waals surface area contributed by atoms with Crippen LogP contribution in [0.1, 0.15) is 16.8 Å². The van der Waals surface area contributed by atoms with E-state index >= 15 is 0 Å².